The van der Waals surface area contributed by atoms with Crippen molar-refractivity contribution in [3.8, 4) is 5.88 Å². The van der Waals surface area contributed by atoms with Gasteiger partial charge in [0.05, 0.1) is 11.5 Å². The monoisotopic (exact) mass is 296 g/mol. The van der Waals surface area contributed by atoms with E-state index in [0.717, 1.165) is 6.07 Å². The van der Waals surface area contributed by atoms with Gasteiger partial charge in [-0.1, -0.05) is 13.3 Å². The molecule has 116 valence electrons. The Morgan fingerprint density at radius 1 is 1.29 bits per heavy atom. The zero-order valence-corrected chi connectivity index (χ0v) is 12.0. The molecule has 0 saturated carbocycles. The summed E-state index contributed by atoms with van der Waals surface area (Å²) < 4.78 is 0. The van der Waals surface area contributed by atoms with Crippen LogP contribution in [0.1, 0.15) is 43.5 Å². The number of aromatic hydroxyl groups is 1. The Labute approximate surface area is 122 Å². The average molecular weight is 296 g/mol. The van der Waals surface area contributed by atoms with Gasteiger partial charge in [0.25, 0.3) is 11.5 Å². The van der Waals surface area contributed by atoms with Crippen molar-refractivity contribution < 1.29 is 19.8 Å². The molecule has 7 nitrogen and oxygen atoms in total. The molecule has 0 aromatic carbocycles. The number of aromatic nitrogens is 1. The Morgan fingerprint density at radius 2 is 1.95 bits per heavy atom. The summed E-state index contributed by atoms with van der Waals surface area (Å²) >= 11 is 0. The molecule has 0 aliphatic rings. The van der Waals surface area contributed by atoms with Gasteiger partial charge in [-0.25, -0.2) is 0 Å². The maximum atomic E-state index is 11.9. The highest BCUT2D eigenvalue weighted by Crippen LogP contribution is 2.10. The lowest BCUT2D eigenvalue weighted by Crippen LogP contribution is -2.33. The first-order valence-electron chi connectivity index (χ1n) is 6.76. The lowest BCUT2D eigenvalue weighted by Gasteiger charge is -2.14. The summed E-state index contributed by atoms with van der Waals surface area (Å²) in [4.78, 5) is 35.9. The van der Waals surface area contributed by atoms with Gasteiger partial charge in [0.2, 0.25) is 0 Å². The second-order valence-corrected chi connectivity index (χ2v) is 5.16. The third-order valence-corrected chi connectivity index (χ3v) is 3.17. The lowest BCUT2D eigenvalue weighted by molar-refractivity contribution is -0.141. The molecule has 0 aliphatic heterocycles. The van der Waals surface area contributed by atoms with E-state index in [1.54, 1.807) is 13.8 Å². The fourth-order valence-electron chi connectivity index (χ4n) is 1.89. The topological polar surface area (TPSA) is 119 Å². The Hall–Kier alpha value is -2.31. The van der Waals surface area contributed by atoms with Crippen LogP contribution in [0.2, 0.25) is 0 Å². The van der Waals surface area contributed by atoms with E-state index in [1.807, 2.05) is 0 Å². The van der Waals surface area contributed by atoms with Gasteiger partial charge in [0.15, 0.2) is 5.88 Å². The highest BCUT2D eigenvalue weighted by atomic mass is 16.4. The minimum Gasteiger partial charge on any atom is -0.494 e. The number of carboxylic acids is 1. The van der Waals surface area contributed by atoms with Crippen LogP contribution in [-0.2, 0) is 4.79 Å². The van der Waals surface area contributed by atoms with Gasteiger partial charge in [0, 0.05) is 18.2 Å². The molecule has 1 rings (SSSR count). The summed E-state index contributed by atoms with van der Waals surface area (Å²) in [5, 5.41) is 20.7. The number of carbonyl (C=O) groups excluding carboxylic acids is 1. The molecule has 1 aromatic rings. The molecule has 0 bridgehead atoms. The normalized spacial score (nSPS) is 13.4. The van der Waals surface area contributed by atoms with Crippen LogP contribution < -0.4 is 10.9 Å². The number of carbonyl (C=O) groups is 2. The first-order chi connectivity index (χ1) is 9.79. The summed E-state index contributed by atoms with van der Waals surface area (Å²) in [7, 11) is 0. The Bertz CT molecular complexity index is 567. The Kier molecular flexibility index (Phi) is 5.95. The first-order valence-corrected chi connectivity index (χ1v) is 6.76. The van der Waals surface area contributed by atoms with Crippen molar-refractivity contribution in [2.75, 3.05) is 0 Å². The van der Waals surface area contributed by atoms with Crippen LogP contribution in [0.25, 0.3) is 0 Å². The van der Waals surface area contributed by atoms with Gasteiger partial charge in [-0.2, -0.15) is 0 Å². The Balaban J connectivity index is 2.47. The fraction of sp³-hybridized carbons (Fsp3) is 0.500. The van der Waals surface area contributed by atoms with E-state index in [1.165, 1.54) is 6.07 Å². The smallest absolute Gasteiger partial charge is 0.306 e. The number of hydrogen-bond donors (Lipinski definition) is 4. The number of aliphatic carboxylic acids is 1. The molecule has 0 saturated heterocycles. The van der Waals surface area contributed by atoms with Crippen molar-refractivity contribution in [2.24, 2.45) is 5.92 Å². The van der Waals surface area contributed by atoms with Gasteiger partial charge >= 0.3 is 5.97 Å². The van der Waals surface area contributed by atoms with Crippen molar-refractivity contribution >= 4 is 11.9 Å². The number of carboxylic acid groups (broad SMARTS) is 1. The molecule has 2 atom stereocenters. The fourth-order valence-corrected chi connectivity index (χ4v) is 1.89. The highest BCUT2D eigenvalue weighted by Gasteiger charge is 2.14. The number of rotatable bonds is 7. The molecule has 0 radical (unpaired) electrons. The Morgan fingerprint density at radius 3 is 2.52 bits per heavy atom. The van der Waals surface area contributed by atoms with E-state index >= 15 is 0 Å². The van der Waals surface area contributed by atoms with E-state index in [4.69, 9.17) is 5.11 Å². The number of pyridine rings is 1. The van der Waals surface area contributed by atoms with Crippen molar-refractivity contribution in [3.63, 3.8) is 0 Å². The SMILES string of the molecule is CC(CCCC(C)C(=O)O)NC(=O)c1cc(O)[nH]c(=O)c1. The number of hydrogen-bond acceptors (Lipinski definition) is 4. The van der Waals surface area contributed by atoms with E-state index in [0.29, 0.717) is 19.3 Å². The lowest BCUT2D eigenvalue weighted by atomic mass is 10.0. The highest BCUT2D eigenvalue weighted by molar-refractivity contribution is 5.94. The molecule has 1 amide bonds. The summed E-state index contributed by atoms with van der Waals surface area (Å²) in [6.45, 7) is 3.45. The van der Waals surface area contributed by atoms with Gasteiger partial charge in [-0.05, 0) is 19.8 Å². The van der Waals surface area contributed by atoms with Crippen molar-refractivity contribution in [2.45, 2.75) is 39.2 Å². The van der Waals surface area contributed by atoms with Crippen molar-refractivity contribution in [3.05, 3.63) is 28.0 Å². The quantitative estimate of drug-likeness (QED) is 0.600. The van der Waals surface area contributed by atoms with Gasteiger partial charge in [-0.15, -0.1) is 0 Å². The van der Waals surface area contributed by atoms with Crippen LogP contribution >= 0.6 is 0 Å². The number of aromatic amines is 1. The van der Waals surface area contributed by atoms with Gasteiger partial charge in [-0.3, -0.25) is 19.4 Å². The number of nitrogens with one attached hydrogen (secondary N) is 2. The molecule has 0 fully saturated rings. The minimum atomic E-state index is -0.828. The molecular weight excluding hydrogens is 276 g/mol. The zero-order chi connectivity index (χ0) is 16.0. The molecule has 7 heteroatoms. The van der Waals surface area contributed by atoms with Crippen LogP contribution in [0.3, 0.4) is 0 Å². The minimum absolute atomic E-state index is 0.0852. The van der Waals surface area contributed by atoms with E-state index in [9.17, 15) is 19.5 Å². The molecule has 2 unspecified atom stereocenters. The predicted octanol–water partition coefficient (Wildman–Crippen LogP) is 1.09. The molecule has 21 heavy (non-hydrogen) atoms. The van der Waals surface area contributed by atoms with Gasteiger partial charge < -0.3 is 15.5 Å². The molecule has 4 N–H and O–H groups in total. The first kappa shape index (κ1) is 16.7. The maximum Gasteiger partial charge on any atom is 0.306 e. The van der Waals surface area contributed by atoms with Crippen LogP contribution in [-0.4, -0.2) is 33.1 Å². The van der Waals surface area contributed by atoms with Gasteiger partial charge in [0.1, 0.15) is 0 Å². The largest absolute Gasteiger partial charge is 0.494 e. The van der Waals surface area contributed by atoms with Crippen LogP contribution in [0.15, 0.2) is 16.9 Å². The molecule has 0 spiro atoms. The number of H-pyrrole nitrogens is 1. The average Bonchev–Trinajstić information content (AvgIpc) is 2.37. The van der Waals surface area contributed by atoms with E-state index in [2.05, 4.69) is 10.3 Å². The van der Waals surface area contributed by atoms with Crippen molar-refractivity contribution in [1.82, 2.24) is 10.3 Å². The van der Waals surface area contributed by atoms with E-state index in [-0.39, 0.29) is 17.5 Å². The standard InChI is InChI=1S/C14H20N2O5/c1-8(14(20)21)4-3-5-9(2)15-13(19)10-6-11(17)16-12(18)7-10/h6-9H,3-5H2,1-2H3,(H,15,19)(H,20,21)(H2,16,17,18). The molecular formula is C14H20N2O5. The van der Waals surface area contributed by atoms with E-state index < -0.39 is 23.4 Å². The molecule has 1 heterocycles. The predicted molar refractivity (Wildman–Crippen MR) is 76.3 cm³/mol. The molecule has 1 aromatic heterocycles. The third kappa shape index (κ3) is 5.68. The summed E-state index contributed by atoms with van der Waals surface area (Å²) in [5.74, 6) is -2.05. The summed E-state index contributed by atoms with van der Waals surface area (Å²) in [6.07, 6.45) is 1.86. The van der Waals surface area contributed by atoms with Crippen LogP contribution in [0, 0.1) is 5.92 Å². The molecule has 0 aliphatic carbocycles. The second kappa shape index (κ2) is 7.47. The third-order valence-electron chi connectivity index (χ3n) is 3.17. The zero-order valence-electron chi connectivity index (χ0n) is 12.0. The van der Waals surface area contributed by atoms with Crippen LogP contribution in [0.5, 0.6) is 5.88 Å². The second-order valence-electron chi connectivity index (χ2n) is 5.16. The van der Waals surface area contributed by atoms with Crippen LogP contribution in [0.4, 0.5) is 0 Å². The van der Waals surface area contributed by atoms with Crippen molar-refractivity contribution in [1.29, 1.82) is 0 Å². The maximum absolute atomic E-state index is 11.9. The summed E-state index contributed by atoms with van der Waals surface area (Å²) in [6, 6.07) is 2.13. The number of amides is 1. The summed E-state index contributed by atoms with van der Waals surface area (Å²) in [5.41, 5.74) is -0.468.